The van der Waals surface area contributed by atoms with Crippen molar-refractivity contribution in [3.8, 4) is 6.07 Å². The highest BCUT2D eigenvalue weighted by atomic mass is 16.5. The van der Waals surface area contributed by atoms with E-state index in [2.05, 4.69) is 18.3 Å². The largest absolute Gasteiger partial charge is 0.377 e. The van der Waals surface area contributed by atoms with Gasteiger partial charge in [-0.15, -0.1) is 0 Å². The maximum atomic E-state index is 8.90. The maximum Gasteiger partial charge on any atom is 0.0726 e. The first kappa shape index (κ1) is 14.5. The number of nitriles is 1. The molecule has 0 radical (unpaired) electrons. The minimum absolute atomic E-state index is 0.166. The molecule has 3 heteroatoms. The van der Waals surface area contributed by atoms with Crippen LogP contribution in [0.4, 0.5) is 0 Å². The highest BCUT2D eigenvalue weighted by molar-refractivity contribution is 4.91. The monoisotopic (exact) mass is 238 g/mol. The molecule has 1 aliphatic heterocycles. The Morgan fingerprint density at radius 3 is 2.82 bits per heavy atom. The lowest BCUT2D eigenvalue weighted by atomic mass is 9.89. The van der Waals surface area contributed by atoms with Gasteiger partial charge in [0, 0.05) is 12.6 Å². The second-order valence-corrected chi connectivity index (χ2v) is 5.75. The fourth-order valence-corrected chi connectivity index (χ4v) is 2.21. The third-order valence-electron chi connectivity index (χ3n) is 3.52. The molecular formula is C14H26N2O. The van der Waals surface area contributed by atoms with E-state index in [4.69, 9.17) is 10.00 Å². The molecule has 17 heavy (non-hydrogen) atoms. The minimum atomic E-state index is -0.166. The van der Waals surface area contributed by atoms with Crippen molar-refractivity contribution < 1.29 is 4.74 Å². The zero-order valence-electron chi connectivity index (χ0n) is 11.5. The van der Waals surface area contributed by atoms with Crippen molar-refractivity contribution in [3.63, 3.8) is 0 Å². The van der Waals surface area contributed by atoms with Gasteiger partial charge in [-0.1, -0.05) is 6.42 Å². The fraction of sp³-hybridized carbons (Fsp3) is 0.929. The van der Waals surface area contributed by atoms with Crippen LogP contribution in [0.5, 0.6) is 0 Å². The SMILES string of the molecule is CC(NCCCCC(C)(C)C#N)C1CCCO1. The zero-order chi connectivity index (χ0) is 12.7. The quantitative estimate of drug-likeness (QED) is 0.694. The Morgan fingerprint density at radius 2 is 2.24 bits per heavy atom. The summed E-state index contributed by atoms with van der Waals surface area (Å²) in [6.07, 6.45) is 6.04. The number of hydrogen-bond acceptors (Lipinski definition) is 3. The van der Waals surface area contributed by atoms with Crippen molar-refractivity contribution in [1.29, 1.82) is 5.26 Å². The average molecular weight is 238 g/mol. The smallest absolute Gasteiger partial charge is 0.0726 e. The highest BCUT2D eigenvalue weighted by Crippen LogP contribution is 2.21. The molecule has 3 nitrogen and oxygen atoms in total. The number of nitrogens with zero attached hydrogens (tertiary/aromatic N) is 1. The lowest BCUT2D eigenvalue weighted by Gasteiger charge is -2.20. The van der Waals surface area contributed by atoms with Crippen molar-refractivity contribution in [1.82, 2.24) is 5.32 Å². The maximum absolute atomic E-state index is 8.90. The predicted octanol–water partition coefficient (Wildman–Crippen LogP) is 2.86. The van der Waals surface area contributed by atoms with Gasteiger partial charge in [-0.25, -0.2) is 0 Å². The standard InChI is InChI=1S/C14H26N2O/c1-12(13-7-6-10-17-13)16-9-5-4-8-14(2,3)11-15/h12-13,16H,4-10H2,1-3H3. The van der Waals surface area contributed by atoms with Gasteiger partial charge in [-0.3, -0.25) is 0 Å². The van der Waals surface area contributed by atoms with Crippen LogP contribution >= 0.6 is 0 Å². The molecule has 1 heterocycles. The number of rotatable bonds is 7. The summed E-state index contributed by atoms with van der Waals surface area (Å²) in [5.41, 5.74) is -0.166. The topological polar surface area (TPSA) is 45.0 Å². The summed E-state index contributed by atoms with van der Waals surface area (Å²) in [7, 11) is 0. The van der Waals surface area contributed by atoms with Gasteiger partial charge in [0.05, 0.1) is 17.6 Å². The molecular weight excluding hydrogens is 212 g/mol. The normalized spacial score (nSPS) is 22.4. The number of ether oxygens (including phenoxy) is 1. The van der Waals surface area contributed by atoms with Crippen LogP contribution in [0.15, 0.2) is 0 Å². The molecule has 1 N–H and O–H groups in total. The van der Waals surface area contributed by atoms with E-state index in [0.29, 0.717) is 12.1 Å². The molecule has 0 aromatic rings. The molecule has 1 aliphatic rings. The Morgan fingerprint density at radius 1 is 1.47 bits per heavy atom. The van der Waals surface area contributed by atoms with Crippen molar-refractivity contribution in [2.24, 2.45) is 5.41 Å². The minimum Gasteiger partial charge on any atom is -0.377 e. The summed E-state index contributed by atoms with van der Waals surface area (Å²) in [5.74, 6) is 0. The molecule has 0 bridgehead atoms. The predicted molar refractivity (Wildman–Crippen MR) is 69.7 cm³/mol. The molecule has 0 aromatic heterocycles. The molecule has 2 atom stereocenters. The molecule has 1 fully saturated rings. The van der Waals surface area contributed by atoms with Crippen LogP contribution in [0.3, 0.4) is 0 Å². The third kappa shape index (κ3) is 5.52. The Hall–Kier alpha value is -0.590. The Bertz CT molecular complexity index is 251. The van der Waals surface area contributed by atoms with E-state index in [1.54, 1.807) is 0 Å². The summed E-state index contributed by atoms with van der Waals surface area (Å²) < 4.78 is 5.64. The van der Waals surface area contributed by atoms with Crippen molar-refractivity contribution in [2.45, 2.75) is 65.0 Å². The van der Waals surface area contributed by atoms with Gasteiger partial charge in [0.15, 0.2) is 0 Å². The van der Waals surface area contributed by atoms with Crippen molar-refractivity contribution in [3.05, 3.63) is 0 Å². The van der Waals surface area contributed by atoms with Crippen LogP contribution in [0.25, 0.3) is 0 Å². The molecule has 98 valence electrons. The van der Waals surface area contributed by atoms with Crippen LogP contribution in [-0.2, 0) is 4.74 Å². The lowest BCUT2D eigenvalue weighted by molar-refractivity contribution is 0.0836. The van der Waals surface area contributed by atoms with Crippen LogP contribution in [-0.4, -0.2) is 25.3 Å². The number of hydrogen-bond donors (Lipinski definition) is 1. The molecule has 0 aromatic carbocycles. The van der Waals surface area contributed by atoms with Gasteiger partial charge < -0.3 is 10.1 Å². The van der Waals surface area contributed by atoms with Crippen LogP contribution in [0, 0.1) is 16.7 Å². The molecule has 0 spiro atoms. The lowest BCUT2D eigenvalue weighted by Crippen LogP contribution is -2.37. The molecule has 2 unspecified atom stereocenters. The summed E-state index contributed by atoms with van der Waals surface area (Å²) in [6, 6.07) is 2.81. The summed E-state index contributed by atoms with van der Waals surface area (Å²) in [5, 5.41) is 12.4. The van der Waals surface area contributed by atoms with E-state index < -0.39 is 0 Å². The van der Waals surface area contributed by atoms with Crippen molar-refractivity contribution >= 4 is 0 Å². The average Bonchev–Trinajstić information content (AvgIpc) is 2.82. The summed E-state index contributed by atoms with van der Waals surface area (Å²) >= 11 is 0. The fourth-order valence-electron chi connectivity index (χ4n) is 2.21. The van der Waals surface area contributed by atoms with Gasteiger partial charge in [-0.05, 0) is 53.0 Å². The first-order chi connectivity index (χ1) is 8.05. The molecule has 1 saturated heterocycles. The molecule has 0 aliphatic carbocycles. The van der Waals surface area contributed by atoms with Gasteiger partial charge in [0.1, 0.15) is 0 Å². The molecule has 1 rings (SSSR count). The second-order valence-electron chi connectivity index (χ2n) is 5.75. The summed E-state index contributed by atoms with van der Waals surface area (Å²) in [6.45, 7) is 8.18. The van der Waals surface area contributed by atoms with Crippen LogP contribution in [0.1, 0.15) is 52.9 Å². The van der Waals surface area contributed by atoms with E-state index in [1.165, 1.54) is 12.8 Å². The first-order valence-corrected chi connectivity index (χ1v) is 6.81. The van der Waals surface area contributed by atoms with Crippen LogP contribution < -0.4 is 5.32 Å². The van der Waals surface area contributed by atoms with Gasteiger partial charge in [0.25, 0.3) is 0 Å². The van der Waals surface area contributed by atoms with E-state index in [-0.39, 0.29) is 5.41 Å². The zero-order valence-corrected chi connectivity index (χ0v) is 11.5. The first-order valence-electron chi connectivity index (χ1n) is 6.81. The van der Waals surface area contributed by atoms with E-state index in [1.807, 2.05) is 13.8 Å². The van der Waals surface area contributed by atoms with E-state index in [9.17, 15) is 0 Å². The van der Waals surface area contributed by atoms with Gasteiger partial charge in [-0.2, -0.15) is 5.26 Å². The second kappa shape index (κ2) is 6.98. The number of nitrogens with one attached hydrogen (secondary N) is 1. The Balaban J connectivity index is 2.02. The van der Waals surface area contributed by atoms with E-state index in [0.717, 1.165) is 32.4 Å². The summed E-state index contributed by atoms with van der Waals surface area (Å²) in [4.78, 5) is 0. The Kier molecular flexibility index (Phi) is 5.94. The molecule has 0 amide bonds. The van der Waals surface area contributed by atoms with E-state index >= 15 is 0 Å². The molecule has 0 saturated carbocycles. The highest BCUT2D eigenvalue weighted by Gasteiger charge is 2.21. The van der Waals surface area contributed by atoms with Crippen molar-refractivity contribution in [2.75, 3.05) is 13.2 Å². The van der Waals surface area contributed by atoms with Gasteiger partial charge >= 0.3 is 0 Å². The Labute approximate surface area is 106 Å². The van der Waals surface area contributed by atoms with Gasteiger partial charge in [0.2, 0.25) is 0 Å². The third-order valence-corrected chi connectivity index (χ3v) is 3.52. The number of unbranched alkanes of at least 4 members (excludes halogenated alkanes) is 1. The van der Waals surface area contributed by atoms with Crippen LogP contribution in [0.2, 0.25) is 0 Å².